The number of sulfonamides is 2. The van der Waals surface area contributed by atoms with Crippen LogP contribution in [0.4, 0.5) is 11.4 Å². The number of nitrogens with one attached hydrogen (secondary N) is 1. The highest BCUT2D eigenvalue weighted by Crippen LogP contribution is 2.32. The molecule has 1 saturated heterocycles. The summed E-state index contributed by atoms with van der Waals surface area (Å²) in [5.41, 5.74) is 2.74. The van der Waals surface area contributed by atoms with Gasteiger partial charge in [0.05, 0.1) is 27.9 Å². The van der Waals surface area contributed by atoms with E-state index in [1.807, 2.05) is 32.0 Å². The fourth-order valence-corrected chi connectivity index (χ4v) is 6.72. The van der Waals surface area contributed by atoms with Crippen molar-refractivity contribution in [2.45, 2.75) is 39.0 Å². The summed E-state index contributed by atoms with van der Waals surface area (Å²) >= 11 is 0. The lowest BCUT2D eigenvalue weighted by Crippen LogP contribution is -2.30. The van der Waals surface area contributed by atoms with Gasteiger partial charge >= 0.3 is 0 Å². The van der Waals surface area contributed by atoms with Gasteiger partial charge in [0.1, 0.15) is 0 Å². The van der Waals surface area contributed by atoms with Gasteiger partial charge in [0.2, 0.25) is 15.9 Å². The number of rotatable bonds is 5. The number of carbonyl (C=O) groups excluding carboxylic acids is 1. The van der Waals surface area contributed by atoms with Crippen molar-refractivity contribution in [2.75, 3.05) is 14.8 Å². The van der Waals surface area contributed by atoms with Gasteiger partial charge in [-0.25, -0.2) is 21.1 Å². The minimum atomic E-state index is -3.90. The predicted octanol–water partition coefficient (Wildman–Crippen LogP) is 2.98. The van der Waals surface area contributed by atoms with Crippen molar-refractivity contribution in [1.82, 2.24) is 0 Å². The molecule has 0 bridgehead atoms. The maximum atomic E-state index is 13.0. The van der Waals surface area contributed by atoms with Gasteiger partial charge in [-0.1, -0.05) is 32.0 Å². The maximum absolute atomic E-state index is 13.0. The number of carbonyl (C=O) groups is 1. The number of para-hydroxylation sites is 1. The monoisotopic (exact) mass is 436 g/mol. The van der Waals surface area contributed by atoms with Gasteiger partial charge in [-0.15, -0.1) is 0 Å². The van der Waals surface area contributed by atoms with Crippen LogP contribution in [0, 0.1) is 19.8 Å². The summed E-state index contributed by atoms with van der Waals surface area (Å²) in [4.78, 5) is 12.3. The average molecular weight is 437 g/mol. The molecular weight excluding hydrogens is 412 g/mol. The molecule has 7 nitrogen and oxygen atoms in total. The molecule has 156 valence electrons. The van der Waals surface area contributed by atoms with Crippen LogP contribution in [0.1, 0.15) is 30.5 Å². The Bertz CT molecular complexity index is 1190. The van der Waals surface area contributed by atoms with E-state index in [0.717, 1.165) is 15.4 Å². The number of anilines is 2. The molecule has 1 unspecified atom stereocenters. The van der Waals surface area contributed by atoms with Crippen molar-refractivity contribution < 1.29 is 21.6 Å². The van der Waals surface area contributed by atoms with Crippen LogP contribution in [0.15, 0.2) is 41.3 Å². The number of nitrogens with zero attached hydrogens (tertiary/aromatic N) is 1. The average Bonchev–Trinajstić information content (AvgIpc) is 2.83. The normalized spacial score (nSPS) is 18.8. The molecule has 0 spiro atoms. The van der Waals surface area contributed by atoms with Crippen molar-refractivity contribution in [3.63, 3.8) is 0 Å². The second kappa shape index (κ2) is 7.46. The van der Waals surface area contributed by atoms with Crippen LogP contribution in [-0.2, 0) is 31.3 Å². The second-order valence-electron chi connectivity index (χ2n) is 7.30. The first kappa shape index (κ1) is 21.3. The molecule has 2 aromatic carbocycles. The summed E-state index contributed by atoms with van der Waals surface area (Å²) in [7, 11) is -7.64. The molecule has 0 aromatic heterocycles. The molecule has 1 N–H and O–H groups in total. The summed E-state index contributed by atoms with van der Waals surface area (Å²) in [6.45, 7) is 6.91. The molecular formula is C20H24N2O5S2. The van der Waals surface area contributed by atoms with E-state index < -0.39 is 31.9 Å². The number of aryl methyl sites for hydroxylation is 3. The highest BCUT2D eigenvalue weighted by Gasteiger charge is 2.42. The lowest BCUT2D eigenvalue weighted by molar-refractivity contribution is -0.119. The first-order chi connectivity index (χ1) is 13.5. The summed E-state index contributed by atoms with van der Waals surface area (Å²) in [5.74, 6) is -1.39. The molecule has 1 aliphatic heterocycles. The Morgan fingerprint density at radius 2 is 1.83 bits per heavy atom. The van der Waals surface area contributed by atoms with E-state index in [2.05, 4.69) is 4.72 Å². The highest BCUT2D eigenvalue weighted by molar-refractivity contribution is 7.94. The predicted molar refractivity (Wildman–Crippen MR) is 113 cm³/mol. The molecule has 29 heavy (non-hydrogen) atoms. The first-order valence-corrected chi connectivity index (χ1v) is 12.4. The smallest absolute Gasteiger partial charge is 0.262 e. The zero-order valence-electron chi connectivity index (χ0n) is 16.8. The van der Waals surface area contributed by atoms with Gasteiger partial charge in [-0.3, -0.25) is 9.52 Å². The second-order valence-corrected chi connectivity index (χ2v) is 10.8. The third-order valence-corrected chi connectivity index (χ3v) is 8.40. The third kappa shape index (κ3) is 3.89. The van der Waals surface area contributed by atoms with Gasteiger partial charge in [-0.2, -0.15) is 0 Å². The molecule has 2 aromatic rings. The van der Waals surface area contributed by atoms with E-state index >= 15 is 0 Å². The largest absolute Gasteiger partial charge is 0.279 e. The van der Waals surface area contributed by atoms with E-state index in [4.69, 9.17) is 0 Å². The van der Waals surface area contributed by atoms with Gasteiger partial charge in [0.25, 0.3) is 10.0 Å². The van der Waals surface area contributed by atoms with Crippen molar-refractivity contribution in [2.24, 2.45) is 5.92 Å². The van der Waals surface area contributed by atoms with Crippen molar-refractivity contribution in [3.8, 4) is 0 Å². The molecule has 3 rings (SSSR count). The topological polar surface area (TPSA) is 101 Å². The van der Waals surface area contributed by atoms with Gasteiger partial charge < -0.3 is 0 Å². The van der Waals surface area contributed by atoms with E-state index in [9.17, 15) is 21.6 Å². The molecule has 1 fully saturated rings. The minimum absolute atomic E-state index is 0.0312. The number of hydrogen-bond donors (Lipinski definition) is 1. The number of hydrogen-bond acceptors (Lipinski definition) is 5. The molecule has 9 heteroatoms. The zero-order valence-corrected chi connectivity index (χ0v) is 18.4. The molecule has 1 amide bonds. The van der Waals surface area contributed by atoms with E-state index in [1.54, 1.807) is 13.8 Å². The Balaban J connectivity index is 2.00. The van der Waals surface area contributed by atoms with Crippen molar-refractivity contribution in [3.05, 3.63) is 53.1 Å². The number of benzene rings is 2. The van der Waals surface area contributed by atoms with Crippen LogP contribution in [0.3, 0.4) is 0 Å². The van der Waals surface area contributed by atoms with E-state index in [-0.39, 0.29) is 16.3 Å². The van der Waals surface area contributed by atoms with E-state index in [0.29, 0.717) is 17.7 Å². The van der Waals surface area contributed by atoms with E-state index in [1.165, 1.54) is 18.2 Å². The Morgan fingerprint density at radius 1 is 1.14 bits per heavy atom. The first-order valence-electron chi connectivity index (χ1n) is 9.26. The minimum Gasteiger partial charge on any atom is -0.279 e. The summed E-state index contributed by atoms with van der Waals surface area (Å²) in [6, 6.07) is 9.68. The Kier molecular flexibility index (Phi) is 5.48. The fourth-order valence-electron chi connectivity index (χ4n) is 3.51. The van der Waals surface area contributed by atoms with Crippen molar-refractivity contribution >= 4 is 37.3 Å². The molecule has 1 atom stereocenters. The Hall–Kier alpha value is -2.39. The molecule has 0 radical (unpaired) electrons. The highest BCUT2D eigenvalue weighted by atomic mass is 32.2. The van der Waals surface area contributed by atoms with Gasteiger partial charge in [-0.05, 0) is 55.2 Å². The molecule has 1 heterocycles. The van der Waals surface area contributed by atoms with Crippen LogP contribution in [-0.4, -0.2) is 28.5 Å². The quantitative estimate of drug-likeness (QED) is 0.777. The lowest BCUT2D eigenvalue weighted by atomic mass is 10.1. The third-order valence-electron chi connectivity index (χ3n) is 5.02. The van der Waals surface area contributed by atoms with Crippen LogP contribution >= 0.6 is 0 Å². The Labute approximate surface area is 171 Å². The fraction of sp³-hybridized carbons (Fsp3) is 0.350. The van der Waals surface area contributed by atoms with Crippen LogP contribution in [0.2, 0.25) is 0 Å². The van der Waals surface area contributed by atoms with Gasteiger partial charge in [0.15, 0.2) is 0 Å². The molecule has 1 aliphatic rings. The zero-order chi connectivity index (χ0) is 21.6. The summed E-state index contributed by atoms with van der Waals surface area (Å²) in [6.07, 6.45) is 0.671. The van der Waals surface area contributed by atoms with Crippen LogP contribution in [0.5, 0.6) is 0 Å². The SMILES string of the molecule is CCc1cccc(C)c1NS(=O)(=O)c1ccc(N2C(=O)C(C)CS2(=O)=O)cc1C. The summed E-state index contributed by atoms with van der Waals surface area (Å²) < 4.78 is 54.0. The molecule has 0 saturated carbocycles. The lowest BCUT2D eigenvalue weighted by Gasteiger charge is -2.18. The van der Waals surface area contributed by atoms with Crippen molar-refractivity contribution in [1.29, 1.82) is 0 Å². The standard InChI is InChI=1S/C20H24N2O5S2/c1-5-16-8-6-7-13(2)19(16)21-29(26,27)18-10-9-17(11-14(18)3)22-20(23)15(4)12-28(22,24)25/h6-11,15,21H,5,12H2,1-4H3. The number of amides is 1. The van der Waals surface area contributed by atoms with Crippen LogP contribution < -0.4 is 9.03 Å². The van der Waals surface area contributed by atoms with Gasteiger partial charge in [0, 0.05) is 0 Å². The maximum Gasteiger partial charge on any atom is 0.262 e. The Morgan fingerprint density at radius 3 is 2.38 bits per heavy atom. The molecule has 0 aliphatic carbocycles. The summed E-state index contributed by atoms with van der Waals surface area (Å²) in [5, 5.41) is 0. The van der Waals surface area contributed by atoms with Crippen LogP contribution in [0.25, 0.3) is 0 Å².